The van der Waals surface area contributed by atoms with E-state index in [1.165, 1.54) is 23.6 Å². The molecule has 0 N–H and O–H groups in total. The van der Waals surface area contributed by atoms with E-state index in [0.29, 0.717) is 0 Å². The molecule has 0 unspecified atom stereocenters. The highest BCUT2D eigenvalue weighted by Gasteiger charge is 1.96. The lowest BCUT2D eigenvalue weighted by atomic mass is 10.1. The van der Waals surface area contributed by atoms with Crippen molar-refractivity contribution in [3.8, 4) is 0 Å². The van der Waals surface area contributed by atoms with Crippen LogP contribution >= 0.6 is 0 Å². The summed E-state index contributed by atoms with van der Waals surface area (Å²) in [6.07, 6.45) is 4.16. The van der Waals surface area contributed by atoms with Crippen LogP contribution < -0.4 is 5.19 Å². The van der Waals surface area contributed by atoms with E-state index in [4.69, 9.17) is 0 Å². The van der Waals surface area contributed by atoms with E-state index >= 15 is 0 Å². The highest BCUT2D eigenvalue weighted by molar-refractivity contribution is 6.53. The minimum Gasteiger partial charge on any atom is -0.103 e. The summed E-state index contributed by atoms with van der Waals surface area (Å²) in [6.45, 7) is 3.77. The number of rotatable bonds is 6. The van der Waals surface area contributed by atoms with E-state index in [0.717, 1.165) is 6.42 Å². The van der Waals surface area contributed by atoms with Crippen molar-refractivity contribution in [3.05, 3.63) is 78.4 Å². The Morgan fingerprint density at radius 3 is 2.28 bits per heavy atom. The van der Waals surface area contributed by atoms with Crippen LogP contribution in [0.3, 0.4) is 0 Å². The summed E-state index contributed by atoms with van der Waals surface area (Å²) in [5.41, 5.74) is 2.83. The van der Waals surface area contributed by atoms with Crippen LogP contribution in [0.4, 0.5) is 0 Å². The largest absolute Gasteiger partial charge is 0.103 e. The van der Waals surface area contributed by atoms with Gasteiger partial charge in [0.2, 0.25) is 0 Å². The quantitative estimate of drug-likeness (QED) is 0.548. The molecule has 0 amide bonds. The Labute approximate surface area is 112 Å². The molecule has 0 aliphatic carbocycles. The summed E-state index contributed by atoms with van der Waals surface area (Å²) in [7, 11) is -0.111. The number of hydrogen-bond donors (Lipinski definition) is 0. The van der Waals surface area contributed by atoms with Gasteiger partial charge in [-0.3, -0.25) is 0 Å². The van der Waals surface area contributed by atoms with E-state index in [9.17, 15) is 0 Å². The van der Waals surface area contributed by atoms with Crippen molar-refractivity contribution in [1.82, 2.24) is 0 Å². The lowest BCUT2D eigenvalue weighted by Gasteiger charge is -2.03. The van der Waals surface area contributed by atoms with E-state index < -0.39 is 0 Å². The van der Waals surface area contributed by atoms with Crippen molar-refractivity contribution in [1.29, 1.82) is 0 Å². The Morgan fingerprint density at radius 2 is 1.61 bits per heavy atom. The molecule has 0 aliphatic rings. The summed E-state index contributed by atoms with van der Waals surface area (Å²) in [5, 5.41) is 1.57. The predicted molar refractivity (Wildman–Crippen MR) is 83.5 cm³/mol. The molecule has 2 rings (SSSR count). The van der Waals surface area contributed by atoms with E-state index in [1.807, 2.05) is 6.08 Å². The van der Waals surface area contributed by atoms with Gasteiger partial charge in [-0.05, 0) is 24.0 Å². The Morgan fingerprint density at radius 1 is 0.889 bits per heavy atom. The molecule has 0 bridgehead atoms. The van der Waals surface area contributed by atoms with Gasteiger partial charge >= 0.3 is 0 Å². The molecule has 0 fully saturated rings. The molecule has 0 aromatic heterocycles. The van der Waals surface area contributed by atoms with E-state index in [-0.39, 0.29) is 9.52 Å². The summed E-state index contributed by atoms with van der Waals surface area (Å²) >= 11 is 0. The van der Waals surface area contributed by atoms with Gasteiger partial charge in [0.25, 0.3) is 0 Å². The van der Waals surface area contributed by atoms with Gasteiger partial charge in [0.15, 0.2) is 0 Å². The summed E-state index contributed by atoms with van der Waals surface area (Å²) < 4.78 is 0. The second kappa shape index (κ2) is 6.97. The Kier molecular flexibility index (Phi) is 4.97. The summed E-state index contributed by atoms with van der Waals surface area (Å²) in [4.78, 5) is 0. The molecule has 0 heterocycles. The average Bonchev–Trinajstić information content (AvgIpc) is 2.42. The predicted octanol–water partition coefficient (Wildman–Crippen LogP) is 2.87. The van der Waals surface area contributed by atoms with Crippen molar-refractivity contribution in [3.63, 3.8) is 0 Å². The van der Waals surface area contributed by atoms with Gasteiger partial charge in [0, 0.05) is 0 Å². The third kappa shape index (κ3) is 4.01. The maximum absolute atomic E-state index is 3.77. The van der Waals surface area contributed by atoms with Crippen LogP contribution in [0, 0.1) is 0 Å². The maximum atomic E-state index is 3.77. The molecule has 18 heavy (non-hydrogen) atoms. The third-order valence-corrected chi connectivity index (χ3v) is 4.93. The van der Waals surface area contributed by atoms with Crippen molar-refractivity contribution in [2.75, 3.05) is 0 Å². The van der Waals surface area contributed by atoms with Crippen LogP contribution in [0.25, 0.3) is 0 Å². The monoisotopic (exact) mass is 252 g/mol. The first-order chi connectivity index (χ1) is 8.88. The number of aryl methyl sites for hydroxylation is 1. The van der Waals surface area contributed by atoms with E-state index in [1.54, 1.807) is 5.19 Å². The minimum absolute atomic E-state index is 0.111. The molecule has 0 radical (unpaired) electrons. The van der Waals surface area contributed by atoms with Crippen LogP contribution in [-0.4, -0.2) is 9.52 Å². The molecule has 0 aliphatic heterocycles. The summed E-state index contributed by atoms with van der Waals surface area (Å²) in [6, 6.07) is 21.2. The smallest absolute Gasteiger partial charge is 0.0550 e. The highest BCUT2D eigenvalue weighted by atomic mass is 28.2. The fourth-order valence-electron chi connectivity index (χ4n) is 2.15. The first-order valence-corrected chi connectivity index (χ1v) is 8.32. The van der Waals surface area contributed by atoms with Gasteiger partial charge in [0.1, 0.15) is 0 Å². The second-order valence-corrected chi connectivity index (χ2v) is 6.67. The van der Waals surface area contributed by atoms with Gasteiger partial charge in [-0.2, -0.15) is 0 Å². The normalized spacial score (nSPS) is 10.9. The van der Waals surface area contributed by atoms with Crippen LogP contribution in [0.15, 0.2) is 67.3 Å². The lowest BCUT2D eigenvalue weighted by Crippen LogP contribution is -2.13. The molecule has 0 saturated carbocycles. The average molecular weight is 252 g/mol. The number of allylic oxidation sites excluding steroid dienone is 1. The third-order valence-electron chi connectivity index (χ3n) is 3.18. The second-order valence-electron chi connectivity index (χ2n) is 4.65. The minimum atomic E-state index is -0.111. The zero-order valence-corrected chi connectivity index (χ0v) is 12.2. The van der Waals surface area contributed by atoms with E-state index in [2.05, 4.69) is 61.2 Å². The zero-order chi connectivity index (χ0) is 12.6. The zero-order valence-electron chi connectivity index (χ0n) is 10.8. The molecule has 2 aromatic carbocycles. The van der Waals surface area contributed by atoms with Crippen LogP contribution in [0.2, 0.25) is 6.04 Å². The fraction of sp³-hybridized carbons (Fsp3) is 0.176. The molecule has 92 valence electrons. The van der Waals surface area contributed by atoms with Crippen LogP contribution in [-0.2, 0) is 12.8 Å². The maximum Gasteiger partial charge on any atom is 0.0550 e. The van der Waals surface area contributed by atoms with Crippen molar-refractivity contribution in [2.24, 2.45) is 0 Å². The fourth-order valence-corrected chi connectivity index (χ4v) is 3.71. The number of benzene rings is 2. The highest BCUT2D eigenvalue weighted by Crippen LogP contribution is 2.03. The van der Waals surface area contributed by atoms with Crippen molar-refractivity contribution < 1.29 is 0 Å². The summed E-state index contributed by atoms with van der Waals surface area (Å²) in [5.74, 6) is 0. The topological polar surface area (TPSA) is 0 Å². The lowest BCUT2D eigenvalue weighted by molar-refractivity contribution is 1.13. The standard InChI is InChI=1S/C17H20Si/c1-2-6-15-9-11-17(12-10-15)18-14-13-16-7-4-3-5-8-16/h2-5,7-12H,1,6,13-14,18H2. The number of hydrogen-bond acceptors (Lipinski definition) is 0. The molecule has 1 heteroatoms. The first-order valence-electron chi connectivity index (χ1n) is 6.61. The molecule has 0 nitrogen and oxygen atoms in total. The molecule has 0 saturated heterocycles. The Hall–Kier alpha value is -1.60. The molecule has 0 spiro atoms. The van der Waals surface area contributed by atoms with Crippen LogP contribution in [0.5, 0.6) is 0 Å². The molecular weight excluding hydrogens is 232 g/mol. The molecular formula is C17H20Si. The Balaban J connectivity index is 1.81. The van der Waals surface area contributed by atoms with Gasteiger partial charge in [0.05, 0.1) is 9.52 Å². The van der Waals surface area contributed by atoms with Crippen molar-refractivity contribution in [2.45, 2.75) is 18.9 Å². The molecule has 2 aromatic rings. The first kappa shape index (κ1) is 12.8. The van der Waals surface area contributed by atoms with Gasteiger partial charge in [-0.15, -0.1) is 6.58 Å². The Bertz CT molecular complexity index is 471. The van der Waals surface area contributed by atoms with Gasteiger partial charge < -0.3 is 0 Å². The molecule has 0 atom stereocenters. The van der Waals surface area contributed by atoms with Crippen molar-refractivity contribution >= 4 is 14.7 Å². The van der Waals surface area contributed by atoms with Gasteiger partial charge in [-0.1, -0.05) is 71.9 Å². The SMILES string of the molecule is C=CCc1ccc([SiH2]CCc2ccccc2)cc1. The van der Waals surface area contributed by atoms with Crippen LogP contribution in [0.1, 0.15) is 11.1 Å². The van der Waals surface area contributed by atoms with Gasteiger partial charge in [-0.25, -0.2) is 0 Å².